The highest BCUT2D eigenvalue weighted by Crippen LogP contribution is 2.50. The van der Waals surface area contributed by atoms with Gasteiger partial charge in [0, 0.05) is 36.5 Å². The molecule has 2 heterocycles. The predicted octanol–water partition coefficient (Wildman–Crippen LogP) is 6.38. The van der Waals surface area contributed by atoms with E-state index in [1.54, 1.807) is 0 Å². The van der Waals surface area contributed by atoms with E-state index in [9.17, 15) is 9.59 Å². The van der Waals surface area contributed by atoms with Crippen LogP contribution in [0.2, 0.25) is 18.1 Å². The van der Waals surface area contributed by atoms with Gasteiger partial charge in [0.15, 0.2) is 0 Å². The van der Waals surface area contributed by atoms with E-state index < -0.39 is 20.2 Å². The Balaban J connectivity index is 1.64. The monoisotopic (exact) mass is 486 g/mol. The first kappa shape index (κ1) is 23.6. The van der Waals surface area contributed by atoms with Crippen molar-refractivity contribution >= 4 is 36.7 Å². The number of imide groups is 1. The molecule has 0 saturated carbocycles. The Kier molecular flexibility index (Phi) is 5.55. The second kappa shape index (κ2) is 8.23. The van der Waals surface area contributed by atoms with Crippen molar-refractivity contribution in [2.24, 2.45) is 18.9 Å². The minimum Gasteiger partial charge on any atom is -0.547 e. The van der Waals surface area contributed by atoms with Crippen LogP contribution < -0.4 is 4.90 Å². The first-order valence-electron chi connectivity index (χ1n) is 12.4. The maximum Gasteiger partial charge on any atom is 0.250 e. The summed E-state index contributed by atoms with van der Waals surface area (Å²) in [7, 11) is -0.0900. The average molecular weight is 487 g/mol. The minimum atomic E-state index is -2.12. The molecule has 1 fully saturated rings. The van der Waals surface area contributed by atoms with Crippen LogP contribution in [-0.4, -0.2) is 24.7 Å². The summed E-state index contributed by atoms with van der Waals surface area (Å²) in [5.41, 5.74) is 2.83. The molecule has 2 aliphatic rings. The van der Waals surface area contributed by atoms with Crippen LogP contribution in [0.4, 0.5) is 5.69 Å². The first-order valence-corrected chi connectivity index (χ1v) is 15.3. The number of rotatable bonds is 4. The lowest BCUT2D eigenvalue weighted by Gasteiger charge is -2.40. The zero-order valence-electron chi connectivity index (χ0n) is 21.4. The molecule has 0 N–H and O–H groups in total. The molecule has 3 atom stereocenters. The highest BCUT2D eigenvalue weighted by atomic mass is 28.4. The van der Waals surface area contributed by atoms with Crippen molar-refractivity contribution in [1.29, 1.82) is 0 Å². The maximum absolute atomic E-state index is 13.9. The number of hydrogen-bond donors (Lipinski definition) is 0. The molecule has 1 aliphatic heterocycles. The highest BCUT2D eigenvalue weighted by Gasteiger charge is 2.54. The number of benzene rings is 2. The molecule has 3 aromatic rings. The molecule has 0 spiro atoms. The molecule has 1 saturated heterocycles. The Morgan fingerprint density at radius 3 is 2.29 bits per heavy atom. The summed E-state index contributed by atoms with van der Waals surface area (Å²) in [5.74, 6) is -0.499. The number of allylic oxidation sites excluding steroid dienone is 2. The summed E-state index contributed by atoms with van der Waals surface area (Å²) >= 11 is 0. The number of amides is 2. The van der Waals surface area contributed by atoms with Crippen molar-refractivity contribution in [3.63, 3.8) is 0 Å². The number of nitrogens with zero attached hydrogens (tertiary/aromatic N) is 2. The van der Waals surface area contributed by atoms with Crippen molar-refractivity contribution in [3.8, 4) is 0 Å². The van der Waals surface area contributed by atoms with E-state index in [4.69, 9.17) is 4.43 Å². The summed E-state index contributed by atoms with van der Waals surface area (Å²) in [6, 6.07) is 17.5. The van der Waals surface area contributed by atoms with Crippen LogP contribution in [0.25, 0.3) is 10.9 Å². The summed E-state index contributed by atoms with van der Waals surface area (Å²) in [4.78, 5) is 29.0. The van der Waals surface area contributed by atoms with Crippen molar-refractivity contribution in [3.05, 3.63) is 78.2 Å². The zero-order valence-corrected chi connectivity index (χ0v) is 22.4. The van der Waals surface area contributed by atoms with Gasteiger partial charge in [-0.1, -0.05) is 57.2 Å². The molecule has 5 rings (SSSR count). The lowest BCUT2D eigenvalue weighted by Crippen LogP contribution is -2.41. The fourth-order valence-electron chi connectivity index (χ4n) is 5.27. The quantitative estimate of drug-likeness (QED) is 0.318. The zero-order chi connectivity index (χ0) is 25.1. The smallest absolute Gasteiger partial charge is 0.250 e. The second-order valence-corrected chi connectivity index (χ2v) is 16.1. The molecule has 182 valence electrons. The normalized spacial score (nSPS) is 23.0. The third kappa shape index (κ3) is 3.84. The first-order chi connectivity index (χ1) is 16.5. The molecule has 2 aromatic carbocycles. The number of anilines is 1. The Labute approximate surface area is 208 Å². The Hall–Kier alpha value is -3.12. The van der Waals surface area contributed by atoms with E-state index in [-0.39, 0.29) is 22.8 Å². The minimum absolute atomic E-state index is 0.0329. The Morgan fingerprint density at radius 1 is 0.943 bits per heavy atom. The van der Waals surface area contributed by atoms with Gasteiger partial charge in [-0.05, 0) is 48.0 Å². The van der Waals surface area contributed by atoms with Crippen LogP contribution >= 0.6 is 0 Å². The fourth-order valence-corrected chi connectivity index (χ4v) is 6.38. The summed E-state index contributed by atoms with van der Waals surface area (Å²) in [5, 5.41) is 1.15. The number of aromatic nitrogens is 1. The van der Waals surface area contributed by atoms with E-state index in [0.717, 1.165) is 22.2 Å². The summed E-state index contributed by atoms with van der Waals surface area (Å²) in [6.07, 6.45) is 4.72. The van der Waals surface area contributed by atoms with Gasteiger partial charge in [-0.2, -0.15) is 0 Å². The van der Waals surface area contributed by atoms with Gasteiger partial charge in [0.1, 0.15) is 0 Å². The van der Waals surface area contributed by atoms with Gasteiger partial charge in [0.25, 0.3) is 0 Å². The molecule has 6 heteroatoms. The lowest BCUT2D eigenvalue weighted by atomic mass is 9.73. The second-order valence-electron chi connectivity index (χ2n) is 11.4. The molecular formula is C29H34N2O3Si. The third-order valence-corrected chi connectivity index (χ3v) is 12.5. The molecule has 0 bridgehead atoms. The molecule has 0 unspecified atom stereocenters. The van der Waals surface area contributed by atoms with E-state index in [2.05, 4.69) is 62.8 Å². The SMILES string of the molecule is Cn1cc([C@H]2C=C(O[Si](C)(C)C(C)(C)C)C[C@H]3C(=O)N(c4ccccc4)C(=O)[C@@H]23)c2ccccc21. The van der Waals surface area contributed by atoms with Crippen molar-refractivity contribution < 1.29 is 14.0 Å². The molecule has 5 nitrogen and oxygen atoms in total. The summed E-state index contributed by atoms with van der Waals surface area (Å²) in [6.45, 7) is 11.1. The summed E-state index contributed by atoms with van der Waals surface area (Å²) < 4.78 is 8.86. The third-order valence-electron chi connectivity index (χ3n) is 8.14. The van der Waals surface area contributed by atoms with E-state index in [0.29, 0.717) is 12.1 Å². The van der Waals surface area contributed by atoms with Crippen molar-refractivity contribution in [2.45, 2.75) is 51.2 Å². The van der Waals surface area contributed by atoms with Crippen LogP contribution in [0.3, 0.4) is 0 Å². The number of carbonyl (C=O) groups excluding carboxylic acids is 2. The molecule has 1 aliphatic carbocycles. The van der Waals surface area contributed by atoms with Gasteiger partial charge >= 0.3 is 0 Å². The number of fused-ring (bicyclic) bond motifs is 2. The number of hydrogen-bond acceptors (Lipinski definition) is 3. The molecule has 35 heavy (non-hydrogen) atoms. The standard InChI is InChI=1S/C29H34N2O3Si/c1-29(2,3)35(5,6)34-20-16-22(24-18-30(4)25-15-11-10-14-21(24)25)26-23(17-20)27(32)31(28(26)33)19-12-8-7-9-13-19/h7-16,18,22-23,26H,17H2,1-6H3/t22-,23-,26+/m1/s1. The van der Waals surface area contributed by atoms with Crippen LogP contribution in [0.15, 0.2) is 72.6 Å². The number of aryl methyl sites for hydroxylation is 1. The number of para-hydroxylation sites is 2. The van der Waals surface area contributed by atoms with Crippen LogP contribution in [0.1, 0.15) is 38.7 Å². The van der Waals surface area contributed by atoms with Gasteiger partial charge in [-0.15, -0.1) is 0 Å². The van der Waals surface area contributed by atoms with Gasteiger partial charge in [0.2, 0.25) is 20.1 Å². The highest BCUT2D eigenvalue weighted by molar-refractivity contribution is 6.74. The molecule has 0 radical (unpaired) electrons. The maximum atomic E-state index is 13.9. The average Bonchev–Trinajstić information content (AvgIpc) is 3.27. The molecular weight excluding hydrogens is 452 g/mol. The van der Waals surface area contributed by atoms with Crippen molar-refractivity contribution in [1.82, 2.24) is 4.57 Å². The van der Waals surface area contributed by atoms with Gasteiger partial charge < -0.3 is 8.99 Å². The lowest BCUT2D eigenvalue weighted by molar-refractivity contribution is -0.122. The molecule has 1 aromatic heterocycles. The van der Waals surface area contributed by atoms with Gasteiger partial charge in [0.05, 0.1) is 23.3 Å². The Bertz CT molecular complexity index is 1330. The Morgan fingerprint density at radius 2 is 1.60 bits per heavy atom. The predicted molar refractivity (Wildman–Crippen MR) is 143 cm³/mol. The topological polar surface area (TPSA) is 51.5 Å². The van der Waals surface area contributed by atoms with Crippen LogP contribution in [0, 0.1) is 11.8 Å². The largest absolute Gasteiger partial charge is 0.547 e. The van der Waals surface area contributed by atoms with E-state index in [1.807, 2.05) is 49.5 Å². The van der Waals surface area contributed by atoms with Crippen LogP contribution in [0.5, 0.6) is 0 Å². The molecule has 2 amide bonds. The van der Waals surface area contributed by atoms with Crippen LogP contribution in [-0.2, 0) is 21.1 Å². The van der Waals surface area contributed by atoms with Gasteiger partial charge in [-0.25, -0.2) is 0 Å². The number of carbonyl (C=O) groups is 2. The van der Waals surface area contributed by atoms with E-state index >= 15 is 0 Å². The van der Waals surface area contributed by atoms with Gasteiger partial charge in [-0.3, -0.25) is 14.5 Å². The van der Waals surface area contributed by atoms with Crippen molar-refractivity contribution in [2.75, 3.05) is 4.90 Å². The fraction of sp³-hybridized carbons (Fsp3) is 0.379. The van der Waals surface area contributed by atoms with E-state index in [1.165, 1.54) is 4.90 Å².